The number of aromatic nitrogens is 2. The highest BCUT2D eigenvalue weighted by molar-refractivity contribution is 5.76. The van der Waals surface area contributed by atoms with E-state index in [0.29, 0.717) is 31.3 Å². The van der Waals surface area contributed by atoms with Crippen molar-refractivity contribution < 1.29 is 18.7 Å². The molecule has 6 nitrogen and oxygen atoms in total. The van der Waals surface area contributed by atoms with Gasteiger partial charge in [0, 0.05) is 12.1 Å². The quantitative estimate of drug-likeness (QED) is 0.577. The van der Waals surface area contributed by atoms with Crippen molar-refractivity contribution in [1.29, 1.82) is 0 Å². The van der Waals surface area contributed by atoms with Crippen LogP contribution in [-0.2, 0) is 11.3 Å². The third kappa shape index (κ3) is 4.81. The second-order valence-corrected chi connectivity index (χ2v) is 8.84. The Balaban J connectivity index is 1.54. The number of imidazole rings is 1. The molecule has 7 heteroatoms. The molecule has 1 fully saturated rings. The largest absolute Gasteiger partial charge is 0.462 e. The van der Waals surface area contributed by atoms with E-state index in [2.05, 4.69) is 4.98 Å². The Kier molecular flexibility index (Phi) is 5.85. The van der Waals surface area contributed by atoms with Gasteiger partial charge in [-0.15, -0.1) is 0 Å². The molecule has 1 amide bonds. The minimum atomic E-state index is -0.543. The fourth-order valence-corrected chi connectivity index (χ4v) is 3.85. The van der Waals surface area contributed by atoms with Gasteiger partial charge in [0.15, 0.2) is 0 Å². The first-order valence-electron chi connectivity index (χ1n) is 10.6. The van der Waals surface area contributed by atoms with Gasteiger partial charge in [-0.3, -0.25) is 4.57 Å². The summed E-state index contributed by atoms with van der Waals surface area (Å²) in [7, 11) is 0. The number of fused-ring (bicyclic) bond motifs is 1. The Labute approximate surface area is 181 Å². The molecule has 1 saturated heterocycles. The maximum atomic E-state index is 14.3. The monoisotopic (exact) mass is 425 g/mol. The Morgan fingerprint density at radius 3 is 2.68 bits per heavy atom. The van der Waals surface area contributed by atoms with Crippen molar-refractivity contribution in [3.05, 3.63) is 59.9 Å². The van der Waals surface area contributed by atoms with Crippen molar-refractivity contribution in [2.45, 2.75) is 51.8 Å². The van der Waals surface area contributed by atoms with E-state index in [0.717, 1.165) is 23.9 Å². The van der Waals surface area contributed by atoms with Crippen molar-refractivity contribution in [1.82, 2.24) is 14.5 Å². The van der Waals surface area contributed by atoms with E-state index in [1.54, 1.807) is 17.0 Å². The molecule has 2 heterocycles. The summed E-state index contributed by atoms with van der Waals surface area (Å²) in [6.07, 6.45) is 1.42. The van der Waals surface area contributed by atoms with Gasteiger partial charge in [0.25, 0.3) is 6.01 Å². The third-order valence-corrected chi connectivity index (χ3v) is 5.32. The molecule has 1 aromatic heterocycles. The lowest BCUT2D eigenvalue weighted by Gasteiger charge is -2.28. The summed E-state index contributed by atoms with van der Waals surface area (Å²) >= 11 is 0. The highest BCUT2D eigenvalue weighted by Gasteiger charge is 2.33. The summed E-state index contributed by atoms with van der Waals surface area (Å²) in [5.41, 5.74) is 1.67. The molecule has 0 bridgehead atoms. The van der Waals surface area contributed by atoms with E-state index >= 15 is 0 Å². The maximum Gasteiger partial charge on any atom is 0.410 e. The Bertz CT molecular complexity index is 1070. The minimum Gasteiger partial charge on any atom is -0.462 e. The van der Waals surface area contributed by atoms with Crippen LogP contribution in [0.5, 0.6) is 6.01 Å². The number of para-hydroxylation sites is 2. The van der Waals surface area contributed by atoms with E-state index < -0.39 is 5.60 Å². The molecular weight excluding hydrogens is 397 g/mol. The Morgan fingerprint density at radius 1 is 1.16 bits per heavy atom. The molecule has 1 aliphatic rings. The van der Waals surface area contributed by atoms with Gasteiger partial charge in [0.1, 0.15) is 18.0 Å². The fourth-order valence-electron chi connectivity index (χ4n) is 3.85. The number of hydrogen-bond donors (Lipinski definition) is 0. The Morgan fingerprint density at radius 2 is 1.90 bits per heavy atom. The van der Waals surface area contributed by atoms with E-state index in [-0.39, 0.29) is 18.0 Å². The molecule has 1 atom stereocenters. The molecule has 1 unspecified atom stereocenters. The van der Waals surface area contributed by atoms with Gasteiger partial charge in [-0.05, 0) is 51.8 Å². The van der Waals surface area contributed by atoms with Crippen LogP contribution in [0, 0.1) is 5.82 Å². The van der Waals surface area contributed by atoms with Gasteiger partial charge >= 0.3 is 6.09 Å². The first kappa shape index (κ1) is 21.2. The van der Waals surface area contributed by atoms with Gasteiger partial charge in [-0.2, -0.15) is 4.98 Å². The zero-order chi connectivity index (χ0) is 22.0. The lowest BCUT2D eigenvalue weighted by Crippen LogP contribution is -2.42. The average Bonchev–Trinajstić information content (AvgIpc) is 3.32. The van der Waals surface area contributed by atoms with Crippen LogP contribution < -0.4 is 4.74 Å². The predicted octanol–water partition coefficient (Wildman–Crippen LogP) is 5.00. The van der Waals surface area contributed by atoms with E-state index in [1.165, 1.54) is 6.07 Å². The van der Waals surface area contributed by atoms with Crippen molar-refractivity contribution in [3.8, 4) is 6.01 Å². The Hall–Kier alpha value is -3.09. The third-order valence-electron chi connectivity index (χ3n) is 5.32. The topological polar surface area (TPSA) is 56.6 Å². The van der Waals surface area contributed by atoms with E-state index in [9.17, 15) is 9.18 Å². The molecule has 0 saturated carbocycles. The highest BCUT2D eigenvalue weighted by Crippen LogP contribution is 2.26. The summed E-state index contributed by atoms with van der Waals surface area (Å²) in [4.78, 5) is 18.9. The van der Waals surface area contributed by atoms with Crippen LogP contribution in [0.15, 0.2) is 48.5 Å². The molecule has 0 spiro atoms. The number of amides is 1. The standard InChI is InChI=1S/C24H28FN3O3/c1-24(2,3)31-23(29)27-14-8-10-18(27)16-30-22-26-20-12-6-7-13-21(20)28(22)15-17-9-4-5-11-19(17)25/h4-7,9,11-13,18H,8,10,14-16H2,1-3H3. The van der Waals surface area contributed by atoms with E-state index in [1.807, 2.05) is 55.7 Å². The fraction of sp³-hybridized carbons (Fsp3) is 0.417. The van der Waals surface area contributed by atoms with Crippen LogP contribution in [-0.4, -0.2) is 45.3 Å². The van der Waals surface area contributed by atoms with Crippen molar-refractivity contribution in [2.75, 3.05) is 13.2 Å². The van der Waals surface area contributed by atoms with Gasteiger partial charge in [0.2, 0.25) is 0 Å². The van der Waals surface area contributed by atoms with Crippen LogP contribution in [0.3, 0.4) is 0 Å². The molecule has 0 radical (unpaired) electrons. The second kappa shape index (κ2) is 8.57. The number of rotatable bonds is 5. The number of hydrogen-bond acceptors (Lipinski definition) is 4. The van der Waals surface area contributed by atoms with Crippen molar-refractivity contribution >= 4 is 17.1 Å². The number of ether oxygens (including phenoxy) is 2. The molecule has 2 aromatic carbocycles. The summed E-state index contributed by atoms with van der Waals surface area (Å²) in [6.45, 7) is 6.84. The van der Waals surface area contributed by atoms with Crippen LogP contribution in [0.4, 0.5) is 9.18 Å². The molecule has 31 heavy (non-hydrogen) atoms. The number of carbonyl (C=O) groups excluding carboxylic acids is 1. The molecule has 1 aliphatic heterocycles. The lowest BCUT2D eigenvalue weighted by atomic mass is 10.2. The first-order chi connectivity index (χ1) is 14.8. The second-order valence-electron chi connectivity index (χ2n) is 8.84. The summed E-state index contributed by atoms with van der Waals surface area (Å²) in [6, 6.07) is 14.7. The zero-order valence-corrected chi connectivity index (χ0v) is 18.2. The summed E-state index contributed by atoms with van der Waals surface area (Å²) in [5, 5.41) is 0. The lowest BCUT2D eigenvalue weighted by molar-refractivity contribution is 0.0183. The zero-order valence-electron chi connectivity index (χ0n) is 18.2. The van der Waals surface area contributed by atoms with Gasteiger partial charge in [-0.25, -0.2) is 9.18 Å². The summed E-state index contributed by atoms with van der Waals surface area (Å²) < 4.78 is 27.8. The molecule has 3 aromatic rings. The highest BCUT2D eigenvalue weighted by atomic mass is 19.1. The van der Waals surface area contributed by atoms with Gasteiger partial charge < -0.3 is 14.4 Å². The van der Waals surface area contributed by atoms with Crippen LogP contribution in [0.25, 0.3) is 11.0 Å². The van der Waals surface area contributed by atoms with Crippen molar-refractivity contribution in [2.24, 2.45) is 0 Å². The average molecular weight is 426 g/mol. The minimum absolute atomic E-state index is 0.0865. The number of halogens is 1. The van der Waals surface area contributed by atoms with Crippen LogP contribution >= 0.6 is 0 Å². The molecule has 164 valence electrons. The van der Waals surface area contributed by atoms with Crippen molar-refractivity contribution in [3.63, 3.8) is 0 Å². The molecular formula is C24H28FN3O3. The van der Waals surface area contributed by atoms with E-state index in [4.69, 9.17) is 9.47 Å². The summed E-state index contributed by atoms with van der Waals surface area (Å²) in [5.74, 6) is -0.266. The molecule has 4 rings (SSSR count). The maximum absolute atomic E-state index is 14.3. The normalized spacial score (nSPS) is 16.6. The number of benzene rings is 2. The molecule has 0 N–H and O–H groups in total. The predicted molar refractivity (Wildman–Crippen MR) is 117 cm³/mol. The van der Waals surface area contributed by atoms with Gasteiger partial charge in [-0.1, -0.05) is 30.3 Å². The SMILES string of the molecule is CC(C)(C)OC(=O)N1CCCC1COc1nc2ccccc2n1Cc1ccccc1F. The number of likely N-dealkylation sites (tertiary alicyclic amines) is 1. The molecule has 0 aliphatic carbocycles. The number of nitrogens with zero attached hydrogens (tertiary/aromatic N) is 3. The van der Waals surface area contributed by atoms with Gasteiger partial charge in [0.05, 0.1) is 23.6 Å². The number of carbonyl (C=O) groups is 1. The first-order valence-corrected chi connectivity index (χ1v) is 10.6. The smallest absolute Gasteiger partial charge is 0.410 e. The van der Waals surface area contributed by atoms with Crippen LogP contribution in [0.2, 0.25) is 0 Å². The van der Waals surface area contributed by atoms with Crippen LogP contribution in [0.1, 0.15) is 39.2 Å².